The maximum atomic E-state index is 13.3. The summed E-state index contributed by atoms with van der Waals surface area (Å²) in [5.74, 6) is 0.979. The number of hydrogen-bond acceptors (Lipinski definition) is 4. The van der Waals surface area contributed by atoms with Crippen LogP contribution in [0.25, 0.3) is 16.6 Å². The van der Waals surface area contributed by atoms with Crippen LogP contribution in [-0.4, -0.2) is 44.9 Å². The van der Waals surface area contributed by atoms with Crippen molar-refractivity contribution >= 4 is 22.5 Å². The summed E-state index contributed by atoms with van der Waals surface area (Å²) in [5, 5.41) is 0. The van der Waals surface area contributed by atoms with Crippen molar-refractivity contribution in [2.75, 3.05) is 19.7 Å². The summed E-state index contributed by atoms with van der Waals surface area (Å²) in [5.41, 5.74) is 2.14. The highest BCUT2D eigenvalue weighted by Crippen LogP contribution is 2.28. The normalized spacial score (nSPS) is 14.8. The largest absolute Gasteiger partial charge is 0.492 e. The highest BCUT2D eigenvalue weighted by molar-refractivity contribution is 6.00. The number of aromatic nitrogens is 3. The monoisotopic (exact) mass is 396 g/mol. The van der Waals surface area contributed by atoms with Crippen LogP contribution in [-0.2, 0) is 0 Å². The first-order valence-corrected chi connectivity index (χ1v) is 10.6. The van der Waals surface area contributed by atoms with Crippen LogP contribution >= 0.6 is 0 Å². The Bertz CT molecular complexity index is 1070. The van der Waals surface area contributed by atoms with E-state index in [-0.39, 0.29) is 11.5 Å². The second-order valence-electron chi connectivity index (χ2n) is 7.81. The number of hydrogen-bond donors (Lipinski definition) is 1. The molecular weight excluding hydrogens is 368 g/mol. The standard InChI is InChI=1S/C22H28N4O3/c1-3-15(4-2)13-29-20-11-18-17(24-21(27)19-12-23-14-26(18)19)10-16(20)22(28)25-8-6-5-7-9-25/h10-12,14-15H,3-9,13H2,1-2H3,(H,24,27). The van der Waals surface area contributed by atoms with E-state index in [1.165, 1.54) is 6.20 Å². The summed E-state index contributed by atoms with van der Waals surface area (Å²) in [6, 6.07) is 3.62. The van der Waals surface area contributed by atoms with Crippen molar-refractivity contribution in [1.82, 2.24) is 19.3 Å². The van der Waals surface area contributed by atoms with E-state index in [9.17, 15) is 9.59 Å². The molecule has 1 aromatic carbocycles. The summed E-state index contributed by atoms with van der Waals surface area (Å²) in [6.07, 6.45) is 8.41. The van der Waals surface area contributed by atoms with E-state index in [2.05, 4.69) is 23.8 Å². The number of fused-ring (bicyclic) bond motifs is 3. The molecule has 0 saturated carbocycles. The number of benzene rings is 1. The maximum Gasteiger partial charge on any atom is 0.274 e. The van der Waals surface area contributed by atoms with Gasteiger partial charge in [-0.05, 0) is 31.2 Å². The maximum absolute atomic E-state index is 13.3. The van der Waals surface area contributed by atoms with Crippen molar-refractivity contribution in [2.24, 2.45) is 5.92 Å². The number of H-pyrrole nitrogens is 1. The highest BCUT2D eigenvalue weighted by atomic mass is 16.5. The van der Waals surface area contributed by atoms with Gasteiger partial charge in [0.15, 0.2) is 0 Å². The van der Waals surface area contributed by atoms with E-state index in [0.29, 0.717) is 34.9 Å². The minimum absolute atomic E-state index is 0.0299. The van der Waals surface area contributed by atoms with E-state index in [1.54, 1.807) is 16.8 Å². The van der Waals surface area contributed by atoms with Gasteiger partial charge in [-0.15, -0.1) is 0 Å². The lowest BCUT2D eigenvalue weighted by molar-refractivity contribution is 0.0719. The Kier molecular flexibility index (Phi) is 5.56. The van der Waals surface area contributed by atoms with Gasteiger partial charge >= 0.3 is 0 Å². The fraction of sp³-hybridized carbons (Fsp3) is 0.500. The van der Waals surface area contributed by atoms with Gasteiger partial charge in [0.05, 0.1) is 35.7 Å². The Morgan fingerprint density at radius 1 is 1.17 bits per heavy atom. The number of carbonyl (C=O) groups excluding carboxylic acids is 1. The van der Waals surface area contributed by atoms with Gasteiger partial charge < -0.3 is 14.6 Å². The van der Waals surface area contributed by atoms with Crippen LogP contribution in [0, 0.1) is 5.92 Å². The van der Waals surface area contributed by atoms with Crippen molar-refractivity contribution in [2.45, 2.75) is 46.0 Å². The van der Waals surface area contributed by atoms with Crippen molar-refractivity contribution < 1.29 is 9.53 Å². The molecule has 3 heterocycles. The smallest absolute Gasteiger partial charge is 0.274 e. The van der Waals surface area contributed by atoms with Crippen molar-refractivity contribution in [3.63, 3.8) is 0 Å². The van der Waals surface area contributed by atoms with Gasteiger partial charge in [0.2, 0.25) is 0 Å². The molecule has 29 heavy (non-hydrogen) atoms. The van der Waals surface area contributed by atoms with Crippen LogP contribution in [0.15, 0.2) is 29.5 Å². The molecule has 0 atom stereocenters. The molecule has 154 valence electrons. The summed E-state index contributed by atoms with van der Waals surface area (Å²) < 4.78 is 7.93. The average molecular weight is 396 g/mol. The first kappa shape index (κ1) is 19.5. The summed E-state index contributed by atoms with van der Waals surface area (Å²) in [7, 11) is 0. The molecule has 1 aliphatic heterocycles. The predicted octanol–water partition coefficient (Wildman–Crippen LogP) is 3.62. The second kappa shape index (κ2) is 8.27. The number of ether oxygens (including phenoxy) is 1. The molecule has 0 unspecified atom stereocenters. The molecule has 1 aliphatic rings. The Balaban J connectivity index is 1.81. The zero-order valence-electron chi connectivity index (χ0n) is 17.1. The lowest BCUT2D eigenvalue weighted by atomic mass is 10.0. The van der Waals surface area contributed by atoms with Crippen molar-refractivity contribution in [3.8, 4) is 5.75 Å². The van der Waals surface area contributed by atoms with E-state index in [1.807, 2.05) is 11.0 Å². The van der Waals surface area contributed by atoms with E-state index >= 15 is 0 Å². The van der Waals surface area contributed by atoms with Crippen molar-refractivity contribution in [3.05, 3.63) is 40.6 Å². The fourth-order valence-electron chi connectivity index (χ4n) is 4.00. The fourth-order valence-corrected chi connectivity index (χ4v) is 4.00. The van der Waals surface area contributed by atoms with Crippen LogP contribution in [0.2, 0.25) is 0 Å². The number of aromatic amines is 1. The molecule has 0 spiro atoms. The average Bonchev–Trinajstić information content (AvgIpc) is 3.25. The highest BCUT2D eigenvalue weighted by Gasteiger charge is 2.23. The van der Waals surface area contributed by atoms with Crippen LogP contribution in [0.4, 0.5) is 0 Å². The number of piperidine rings is 1. The van der Waals surface area contributed by atoms with Crippen LogP contribution in [0.1, 0.15) is 56.3 Å². The lowest BCUT2D eigenvalue weighted by Crippen LogP contribution is -2.36. The van der Waals surface area contributed by atoms with Gasteiger partial charge in [0.25, 0.3) is 11.5 Å². The number of carbonyl (C=O) groups is 1. The number of nitrogens with one attached hydrogen (secondary N) is 1. The molecule has 3 aromatic rings. The molecule has 1 fully saturated rings. The third-order valence-electron chi connectivity index (χ3n) is 5.98. The number of nitrogens with zero attached hydrogens (tertiary/aromatic N) is 3. The lowest BCUT2D eigenvalue weighted by Gasteiger charge is -2.27. The van der Waals surface area contributed by atoms with E-state index in [0.717, 1.165) is 50.7 Å². The first-order valence-electron chi connectivity index (χ1n) is 10.6. The number of rotatable bonds is 6. The molecule has 0 radical (unpaired) electrons. The van der Waals surface area contributed by atoms with Crippen molar-refractivity contribution in [1.29, 1.82) is 0 Å². The van der Waals surface area contributed by atoms with Crippen LogP contribution < -0.4 is 10.3 Å². The molecule has 7 heteroatoms. The van der Waals surface area contributed by atoms with Gasteiger partial charge in [-0.25, -0.2) is 4.98 Å². The van der Waals surface area contributed by atoms with Crippen LogP contribution in [0.5, 0.6) is 5.75 Å². The Morgan fingerprint density at radius 3 is 2.66 bits per heavy atom. The second-order valence-corrected chi connectivity index (χ2v) is 7.81. The molecule has 1 N–H and O–H groups in total. The van der Waals surface area contributed by atoms with Gasteiger partial charge in [0.1, 0.15) is 11.3 Å². The van der Waals surface area contributed by atoms with E-state index < -0.39 is 0 Å². The number of likely N-dealkylation sites (tertiary alicyclic amines) is 1. The SMILES string of the molecule is CCC(CC)COc1cc2c(cc1C(=O)N1CCCCC1)[nH]c(=O)c1cncn12. The summed E-state index contributed by atoms with van der Waals surface area (Å²) in [4.78, 5) is 34.5. The molecule has 1 amide bonds. The van der Waals surface area contributed by atoms with E-state index in [4.69, 9.17) is 4.74 Å². The van der Waals surface area contributed by atoms with Crippen LogP contribution in [0.3, 0.4) is 0 Å². The Labute approximate surface area is 169 Å². The summed E-state index contributed by atoms with van der Waals surface area (Å²) >= 11 is 0. The van der Waals surface area contributed by atoms with Gasteiger partial charge in [-0.2, -0.15) is 0 Å². The predicted molar refractivity (Wildman–Crippen MR) is 113 cm³/mol. The number of imidazole rings is 1. The van der Waals surface area contributed by atoms with Gasteiger partial charge in [-0.3, -0.25) is 14.0 Å². The molecule has 1 saturated heterocycles. The Hall–Kier alpha value is -2.83. The quantitative estimate of drug-likeness (QED) is 0.690. The molecule has 2 aromatic heterocycles. The minimum Gasteiger partial charge on any atom is -0.492 e. The van der Waals surface area contributed by atoms with Gasteiger partial charge in [0, 0.05) is 19.2 Å². The summed E-state index contributed by atoms with van der Waals surface area (Å²) in [6.45, 7) is 6.39. The third kappa shape index (κ3) is 3.73. The zero-order valence-corrected chi connectivity index (χ0v) is 17.1. The van der Waals surface area contributed by atoms with Gasteiger partial charge in [-0.1, -0.05) is 26.7 Å². The molecule has 4 rings (SSSR count). The Morgan fingerprint density at radius 2 is 1.93 bits per heavy atom. The molecule has 0 bridgehead atoms. The molecular formula is C22H28N4O3. The molecule has 7 nitrogen and oxygen atoms in total. The molecule has 0 aliphatic carbocycles. The third-order valence-corrected chi connectivity index (χ3v) is 5.98. The topological polar surface area (TPSA) is 79.7 Å². The minimum atomic E-state index is -0.225. The zero-order chi connectivity index (χ0) is 20.4. The number of amides is 1. The first-order chi connectivity index (χ1) is 14.1.